The summed E-state index contributed by atoms with van der Waals surface area (Å²) in [6.07, 6.45) is 3.09. The molecule has 0 aromatic rings. The largest absolute Gasteiger partial charge is 0.343 e. The molecule has 1 rings (SSSR count). The maximum absolute atomic E-state index is 11.2. The van der Waals surface area contributed by atoms with Crippen molar-refractivity contribution in [3.05, 3.63) is 0 Å². The Bertz CT molecular complexity index is 144. The summed E-state index contributed by atoms with van der Waals surface area (Å²) in [5, 5.41) is 0. The van der Waals surface area contributed by atoms with Gasteiger partial charge in [-0.3, -0.25) is 4.79 Å². The Hall–Kier alpha value is -0.530. The van der Waals surface area contributed by atoms with Gasteiger partial charge in [0.05, 0.1) is 0 Å². The molecule has 2 nitrogen and oxygen atoms in total. The zero-order valence-electron chi connectivity index (χ0n) is 7.47. The van der Waals surface area contributed by atoms with Gasteiger partial charge in [-0.1, -0.05) is 13.3 Å². The van der Waals surface area contributed by atoms with E-state index in [0.717, 1.165) is 31.8 Å². The molecule has 2 heteroatoms. The molecule has 0 aliphatic carbocycles. The monoisotopic (exact) mass is 155 g/mol. The van der Waals surface area contributed by atoms with Crippen LogP contribution in [0.1, 0.15) is 33.1 Å². The number of carbonyl (C=O) groups is 1. The first kappa shape index (κ1) is 8.57. The number of amides is 1. The van der Waals surface area contributed by atoms with Crippen molar-refractivity contribution in [2.75, 3.05) is 13.1 Å². The normalized spacial score (nSPS) is 25.8. The Balaban J connectivity index is 2.44. The van der Waals surface area contributed by atoms with Crippen LogP contribution in [-0.4, -0.2) is 23.9 Å². The second kappa shape index (κ2) is 3.74. The summed E-state index contributed by atoms with van der Waals surface area (Å²) in [5.41, 5.74) is 0. The summed E-state index contributed by atoms with van der Waals surface area (Å²) in [4.78, 5) is 13.2. The minimum absolute atomic E-state index is 0.345. The van der Waals surface area contributed by atoms with Crippen LogP contribution in [0.25, 0.3) is 0 Å². The number of rotatable bonds is 2. The molecule has 0 bridgehead atoms. The van der Waals surface area contributed by atoms with E-state index in [0.29, 0.717) is 5.91 Å². The molecule has 1 amide bonds. The lowest BCUT2D eigenvalue weighted by Gasteiger charge is -2.31. The molecular weight excluding hydrogens is 138 g/mol. The topological polar surface area (TPSA) is 20.3 Å². The molecule has 0 aromatic carbocycles. The van der Waals surface area contributed by atoms with Crippen LogP contribution in [-0.2, 0) is 4.79 Å². The Morgan fingerprint density at radius 1 is 1.55 bits per heavy atom. The standard InChI is InChI=1S/C9H17NO/c1-3-8-5-6-9(11)10(4-2)7-8/h8H,3-7H2,1-2H3. The van der Waals surface area contributed by atoms with Crippen molar-refractivity contribution in [1.82, 2.24) is 4.90 Å². The van der Waals surface area contributed by atoms with E-state index in [1.165, 1.54) is 6.42 Å². The highest BCUT2D eigenvalue weighted by Gasteiger charge is 2.22. The van der Waals surface area contributed by atoms with Gasteiger partial charge in [0.15, 0.2) is 0 Å². The quantitative estimate of drug-likeness (QED) is 0.594. The van der Waals surface area contributed by atoms with Gasteiger partial charge in [-0.15, -0.1) is 0 Å². The third-order valence-electron chi connectivity index (χ3n) is 2.56. The van der Waals surface area contributed by atoms with Crippen molar-refractivity contribution in [2.45, 2.75) is 33.1 Å². The van der Waals surface area contributed by atoms with Gasteiger partial charge >= 0.3 is 0 Å². The van der Waals surface area contributed by atoms with E-state index < -0.39 is 0 Å². The second-order valence-electron chi connectivity index (χ2n) is 3.25. The third kappa shape index (κ3) is 1.95. The maximum atomic E-state index is 11.2. The van der Waals surface area contributed by atoms with Gasteiger partial charge in [-0.25, -0.2) is 0 Å². The lowest BCUT2D eigenvalue weighted by molar-refractivity contribution is -0.134. The first-order valence-electron chi connectivity index (χ1n) is 4.55. The molecule has 0 N–H and O–H groups in total. The van der Waals surface area contributed by atoms with Crippen molar-refractivity contribution in [3.63, 3.8) is 0 Å². The molecule has 1 aliphatic rings. The molecule has 1 saturated heterocycles. The molecular formula is C9H17NO. The molecule has 0 saturated carbocycles. The number of hydrogen-bond acceptors (Lipinski definition) is 1. The highest BCUT2D eigenvalue weighted by Crippen LogP contribution is 2.19. The highest BCUT2D eigenvalue weighted by molar-refractivity contribution is 5.76. The second-order valence-corrected chi connectivity index (χ2v) is 3.25. The highest BCUT2D eigenvalue weighted by atomic mass is 16.2. The molecule has 1 fully saturated rings. The van der Waals surface area contributed by atoms with Crippen molar-refractivity contribution in [2.24, 2.45) is 5.92 Å². The summed E-state index contributed by atoms with van der Waals surface area (Å²) in [6, 6.07) is 0. The van der Waals surface area contributed by atoms with Crippen molar-refractivity contribution >= 4 is 5.91 Å². The first-order chi connectivity index (χ1) is 5.27. The van der Waals surface area contributed by atoms with Crippen LogP contribution in [0.2, 0.25) is 0 Å². The van der Waals surface area contributed by atoms with E-state index in [2.05, 4.69) is 13.8 Å². The lowest BCUT2D eigenvalue weighted by Crippen LogP contribution is -2.39. The zero-order chi connectivity index (χ0) is 8.27. The Kier molecular flexibility index (Phi) is 2.92. The summed E-state index contributed by atoms with van der Waals surface area (Å²) in [6.45, 7) is 6.13. The molecule has 1 heterocycles. The number of likely N-dealkylation sites (tertiary alicyclic amines) is 1. The van der Waals surface area contributed by atoms with Gasteiger partial charge in [0.2, 0.25) is 5.91 Å². The van der Waals surface area contributed by atoms with Crippen LogP contribution < -0.4 is 0 Å². The van der Waals surface area contributed by atoms with Gasteiger partial charge in [0.25, 0.3) is 0 Å². The van der Waals surface area contributed by atoms with E-state index in [9.17, 15) is 4.79 Å². The molecule has 11 heavy (non-hydrogen) atoms. The fourth-order valence-corrected chi connectivity index (χ4v) is 1.63. The predicted octanol–water partition coefficient (Wildman–Crippen LogP) is 1.65. The molecule has 1 atom stereocenters. The van der Waals surface area contributed by atoms with Gasteiger partial charge in [0.1, 0.15) is 0 Å². The van der Waals surface area contributed by atoms with Crippen LogP contribution in [0.15, 0.2) is 0 Å². The summed E-state index contributed by atoms with van der Waals surface area (Å²) >= 11 is 0. The van der Waals surface area contributed by atoms with E-state index in [1.807, 2.05) is 4.90 Å². The van der Waals surface area contributed by atoms with Crippen LogP contribution in [0, 0.1) is 5.92 Å². The van der Waals surface area contributed by atoms with Gasteiger partial charge < -0.3 is 4.90 Å². The van der Waals surface area contributed by atoms with E-state index in [1.54, 1.807) is 0 Å². The predicted molar refractivity (Wildman–Crippen MR) is 45.3 cm³/mol. The van der Waals surface area contributed by atoms with Crippen LogP contribution >= 0.6 is 0 Å². The Morgan fingerprint density at radius 2 is 2.27 bits per heavy atom. The van der Waals surface area contributed by atoms with Gasteiger partial charge in [-0.05, 0) is 19.3 Å². The van der Waals surface area contributed by atoms with Crippen molar-refractivity contribution in [3.8, 4) is 0 Å². The minimum Gasteiger partial charge on any atom is -0.343 e. The summed E-state index contributed by atoms with van der Waals surface area (Å²) in [5.74, 6) is 1.10. The Morgan fingerprint density at radius 3 is 2.82 bits per heavy atom. The molecule has 0 radical (unpaired) electrons. The van der Waals surface area contributed by atoms with E-state index in [4.69, 9.17) is 0 Å². The average molecular weight is 155 g/mol. The van der Waals surface area contributed by atoms with Crippen LogP contribution in [0.5, 0.6) is 0 Å². The number of piperidine rings is 1. The minimum atomic E-state index is 0.345. The summed E-state index contributed by atoms with van der Waals surface area (Å²) in [7, 11) is 0. The molecule has 0 spiro atoms. The maximum Gasteiger partial charge on any atom is 0.222 e. The first-order valence-corrected chi connectivity index (χ1v) is 4.55. The number of carbonyl (C=O) groups excluding carboxylic acids is 1. The van der Waals surface area contributed by atoms with E-state index >= 15 is 0 Å². The lowest BCUT2D eigenvalue weighted by atomic mass is 9.95. The van der Waals surface area contributed by atoms with Crippen molar-refractivity contribution in [1.29, 1.82) is 0 Å². The average Bonchev–Trinajstić information content (AvgIpc) is 2.05. The van der Waals surface area contributed by atoms with Crippen molar-refractivity contribution < 1.29 is 4.79 Å². The zero-order valence-corrected chi connectivity index (χ0v) is 7.47. The van der Waals surface area contributed by atoms with Crippen LogP contribution in [0.4, 0.5) is 0 Å². The Labute approximate surface area is 68.6 Å². The summed E-state index contributed by atoms with van der Waals surface area (Å²) < 4.78 is 0. The molecule has 0 aromatic heterocycles. The third-order valence-corrected chi connectivity index (χ3v) is 2.56. The SMILES string of the molecule is CCC1CCC(=O)N(CC)C1. The number of hydrogen-bond donors (Lipinski definition) is 0. The number of nitrogens with zero attached hydrogens (tertiary/aromatic N) is 1. The van der Waals surface area contributed by atoms with Crippen LogP contribution in [0.3, 0.4) is 0 Å². The molecule has 1 aliphatic heterocycles. The van der Waals surface area contributed by atoms with Gasteiger partial charge in [0, 0.05) is 19.5 Å². The smallest absolute Gasteiger partial charge is 0.222 e. The molecule has 64 valence electrons. The fourth-order valence-electron chi connectivity index (χ4n) is 1.63. The fraction of sp³-hybridized carbons (Fsp3) is 0.889. The van der Waals surface area contributed by atoms with E-state index in [-0.39, 0.29) is 0 Å². The van der Waals surface area contributed by atoms with Gasteiger partial charge in [-0.2, -0.15) is 0 Å². The molecule has 1 unspecified atom stereocenters.